The average molecular weight is 349 g/mol. The number of pyridine rings is 1. The molecule has 0 bridgehead atoms. The number of nitrogens with one attached hydrogen (secondary N) is 2. The van der Waals surface area contributed by atoms with Crippen LogP contribution in [-0.4, -0.2) is 29.4 Å². The molecular formula is C16H11N7OS. The maximum absolute atomic E-state index is 13.0. The molecule has 1 atom stereocenters. The highest BCUT2D eigenvalue weighted by Crippen LogP contribution is 2.25. The number of hydrogen-bond donors (Lipinski definition) is 2. The SMILES string of the molecule is O=c1c2cnc3ncnn3c2cc2n1NC(=S)N[C@@H]2c1ccccc1. The van der Waals surface area contributed by atoms with Crippen molar-refractivity contribution in [2.24, 2.45) is 0 Å². The summed E-state index contributed by atoms with van der Waals surface area (Å²) in [5, 5.41) is 8.22. The zero-order valence-electron chi connectivity index (χ0n) is 12.7. The second-order valence-electron chi connectivity index (χ2n) is 5.67. The molecule has 0 fully saturated rings. The van der Waals surface area contributed by atoms with Crippen molar-refractivity contribution < 1.29 is 0 Å². The van der Waals surface area contributed by atoms with Gasteiger partial charge in [0.15, 0.2) is 5.11 Å². The molecule has 8 nitrogen and oxygen atoms in total. The average Bonchev–Trinajstić information content (AvgIpc) is 3.12. The normalized spacial score (nSPS) is 16.5. The third-order valence-corrected chi connectivity index (χ3v) is 4.45. The van der Waals surface area contributed by atoms with E-state index in [-0.39, 0.29) is 11.6 Å². The Morgan fingerprint density at radius 2 is 2.00 bits per heavy atom. The molecule has 0 amide bonds. The minimum absolute atomic E-state index is 0.234. The number of aromatic nitrogens is 5. The molecule has 1 aliphatic rings. The van der Waals surface area contributed by atoms with Gasteiger partial charge in [-0.2, -0.15) is 14.6 Å². The minimum atomic E-state index is -0.251. The molecule has 0 spiro atoms. The van der Waals surface area contributed by atoms with E-state index >= 15 is 0 Å². The number of fused-ring (bicyclic) bond motifs is 4. The quantitative estimate of drug-likeness (QED) is 0.495. The summed E-state index contributed by atoms with van der Waals surface area (Å²) in [4.78, 5) is 21.2. The van der Waals surface area contributed by atoms with E-state index in [0.717, 1.165) is 11.3 Å². The Morgan fingerprint density at radius 1 is 1.16 bits per heavy atom. The molecule has 3 aromatic heterocycles. The first-order valence-electron chi connectivity index (χ1n) is 7.59. The van der Waals surface area contributed by atoms with Crippen molar-refractivity contribution in [2.75, 3.05) is 5.43 Å². The Morgan fingerprint density at radius 3 is 2.84 bits per heavy atom. The molecule has 5 rings (SSSR count). The van der Waals surface area contributed by atoms with Crippen molar-refractivity contribution >= 4 is 34.0 Å². The van der Waals surface area contributed by atoms with E-state index in [1.54, 1.807) is 4.52 Å². The highest BCUT2D eigenvalue weighted by molar-refractivity contribution is 7.80. The first kappa shape index (κ1) is 14.1. The highest BCUT2D eigenvalue weighted by atomic mass is 32.1. The lowest BCUT2D eigenvalue weighted by atomic mass is 10.0. The summed E-state index contributed by atoms with van der Waals surface area (Å²) in [6, 6.07) is 11.5. The van der Waals surface area contributed by atoms with Gasteiger partial charge in [0.05, 0.1) is 22.6 Å². The van der Waals surface area contributed by atoms with Crippen LogP contribution in [0.2, 0.25) is 0 Å². The Bertz CT molecular complexity index is 1200. The van der Waals surface area contributed by atoms with Gasteiger partial charge in [0.25, 0.3) is 11.3 Å². The molecule has 0 saturated heterocycles. The fraction of sp³-hybridized carbons (Fsp3) is 0.0625. The summed E-state index contributed by atoms with van der Waals surface area (Å²) in [5.74, 6) is 0.445. The van der Waals surface area contributed by atoms with E-state index in [0.29, 0.717) is 21.8 Å². The van der Waals surface area contributed by atoms with Gasteiger partial charge in [-0.05, 0) is 23.8 Å². The van der Waals surface area contributed by atoms with Crippen molar-refractivity contribution in [1.82, 2.24) is 29.6 Å². The van der Waals surface area contributed by atoms with Crippen LogP contribution in [0.5, 0.6) is 0 Å². The third kappa shape index (κ3) is 2.02. The smallest absolute Gasteiger partial charge is 0.280 e. The van der Waals surface area contributed by atoms with Gasteiger partial charge in [-0.15, -0.1) is 0 Å². The van der Waals surface area contributed by atoms with Crippen LogP contribution in [0, 0.1) is 0 Å². The first-order chi connectivity index (χ1) is 12.2. The molecule has 1 aromatic carbocycles. The second kappa shape index (κ2) is 5.08. The molecule has 0 radical (unpaired) electrons. The Balaban J connectivity index is 1.87. The zero-order valence-corrected chi connectivity index (χ0v) is 13.6. The molecule has 1 aliphatic heterocycles. The van der Waals surface area contributed by atoms with Crippen LogP contribution < -0.4 is 16.3 Å². The van der Waals surface area contributed by atoms with Crippen LogP contribution >= 0.6 is 12.2 Å². The molecule has 122 valence electrons. The molecule has 2 N–H and O–H groups in total. The number of hydrogen-bond acceptors (Lipinski definition) is 5. The van der Waals surface area contributed by atoms with E-state index in [1.165, 1.54) is 17.2 Å². The third-order valence-electron chi connectivity index (χ3n) is 4.24. The number of rotatable bonds is 1. The van der Waals surface area contributed by atoms with E-state index in [2.05, 4.69) is 25.8 Å². The van der Waals surface area contributed by atoms with Gasteiger partial charge in [0, 0.05) is 6.20 Å². The van der Waals surface area contributed by atoms with Crippen molar-refractivity contribution in [3.63, 3.8) is 0 Å². The van der Waals surface area contributed by atoms with Crippen LogP contribution in [0.15, 0.2) is 53.7 Å². The van der Waals surface area contributed by atoms with Crippen LogP contribution in [0.4, 0.5) is 0 Å². The predicted octanol–water partition coefficient (Wildman–Crippen LogP) is 0.960. The Hall–Kier alpha value is -3.33. The zero-order chi connectivity index (χ0) is 17.0. The molecule has 0 aliphatic carbocycles. The lowest BCUT2D eigenvalue weighted by Gasteiger charge is -2.30. The topological polar surface area (TPSA) is 89.1 Å². The van der Waals surface area contributed by atoms with Gasteiger partial charge < -0.3 is 5.32 Å². The monoisotopic (exact) mass is 349 g/mol. The lowest BCUT2D eigenvalue weighted by molar-refractivity contribution is 0.646. The van der Waals surface area contributed by atoms with E-state index in [4.69, 9.17) is 12.2 Å². The number of thiocarbonyl (C=S) groups is 1. The standard InChI is InChI=1S/C16H11N7OS/c24-14-10-7-17-15-18-8-19-23(15)11(10)6-12-13(9-4-2-1-3-5-9)20-16(25)21-22(12)14/h1-8,13H,(H2,20,21,25)/t13-/m1/s1. The minimum Gasteiger partial charge on any atom is -0.349 e. The lowest BCUT2D eigenvalue weighted by Crippen LogP contribution is -2.49. The highest BCUT2D eigenvalue weighted by Gasteiger charge is 2.26. The maximum Gasteiger partial charge on any atom is 0.280 e. The van der Waals surface area contributed by atoms with Gasteiger partial charge in [-0.3, -0.25) is 10.2 Å². The summed E-state index contributed by atoms with van der Waals surface area (Å²) in [6.45, 7) is 0. The number of nitrogens with zero attached hydrogens (tertiary/aromatic N) is 5. The van der Waals surface area contributed by atoms with Gasteiger partial charge in [-0.25, -0.2) is 9.66 Å². The van der Waals surface area contributed by atoms with Crippen LogP contribution in [0.3, 0.4) is 0 Å². The fourth-order valence-corrected chi connectivity index (χ4v) is 3.32. The van der Waals surface area contributed by atoms with Gasteiger partial charge in [0.1, 0.15) is 6.33 Å². The second-order valence-corrected chi connectivity index (χ2v) is 6.08. The van der Waals surface area contributed by atoms with Crippen LogP contribution in [0.1, 0.15) is 17.3 Å². The summed E-state index contributed by atoms with van der Waals surface area (Å²) in [7, 11) is 0. The Kier molecular flexibility index (Phi) is 2.86. The predicted molar refractivity (Wildman–Crippen MR) is 95.9 cm³/mol. The molecule has 9 heteroatoms. The maximum atomic E-state index is 13.0. The van der Waals surface area contributed by atoms with E-state index in [1.807, 2.05) is 36.4 Å². The van der Waals surface area contributed by atoms with E-state index in [9.17, 15) is 4.79 Å². The summed E-state index contributed by atoms with van der Waals surface area (Å²) in [5.41, 5.74) is 5.07. The van der Waals surface area contributed by atoms with Crippen molar-refractivity contribution in [3.8, 4) is 0 Å². The molecule has 25 heavy (non-hydrogen) atoms. The first-order valence-corrected chi connectivity index (χ1v) is 8.00. The van der Waals surface area contributed by atoms with Gasteiger partial charge in [-0.1, -0.05) is 30.3 Å². The summed E-state index contributed by atoms with van der Waals surface area (Å²) < 4.78 is 3.02. The molecule has 0 unspecified atom stereocenters. The summed E-state index contributed by atoms with van der Waals surface area (Å²) >= 11 is 5.28. The van der Waals surface area contributed by atoms with Crippen LogP contribution in [-0.2, 0) is 0 Å². The van der Waals surface area contributed by atoms with Gasteiger partial charge in [0.2, 0.25) is 0 Å². The van der Waals surface area contributed by atoms with E-state index < -0.39 is 0 Å². The van der Waals surface area contributed by atoms with Gasteiger partial charge >= 0.3 is 0 Å². The molecule has 0 saturated carbocycles. The molecular weight excluding hydrogens is 338 g/mol. The summed E-state index contributed by atoms with van der Waals surface area (Å²) in [6.07, 6.45) is 2.93. The van der Waals surface area contributed by atoms with Crippen molar-refractivity contribution in [3.05, 3.63) is 70.5 Å². The van der Waals surface area contributed by atoms with Crippen molar-refractivity contribution in [1.29, 1.82) is 0 Å². The van der Waals surface area contributed by atoms with Crippen molar-refractivity contribution in [2.45, 2.75) is 6.04 Å². The Labute approximate surface area is 146 Å². The fourth-order valence-electron chi connectivity index (χ4n) is 3.11. The molecule has 4 aromatic rings. The number of benzene rings is 1. The largest absolute Gasteiger partial charge is 0.349 e. The molecule has 4 heterocycles. The van der Waals surface area contributed by atoms with Crippen LogP contribution in [0.25, 0.3) is 16.7 Å².